The first kappa shape index (κ1) is 14.7. The SMILES string of the molecule is CCCC(NCC)C(C)c1cc(Br)ccc1F. The number of likely N-dealkylation sites (N-methyl/N-ethyl adjacent to an activating group) is 1. The molecule has 2 atom stereocenters. The topological polar surface area (TPSA) is 12.0 Å². The second-order valence-corrected chi connectivity index (χ2v) is 5.32. The van der Waals surface area contributed by atoms with Crippen molar-refractivity contribution in [2.45, 2.75) is 45.6 Å². The fourth-order valence-electron chi connectivity index (χ4n) is 2.18. The molecular formula is C14H21BrFN. The van der Waals surface area contributed by atoms with Gasteiger partial charge >= 0.3 is 0 Å². The molecule has 2 unspecified atom stereocenters. The van der Waals surface area contributed by atoms with Crippen LogP contribution in [-0.4, -0.2) is 12.6 Å². The molecular weight excluding hydrogens is 281 g/mol. The Hall–Kier alpha value is -0.410. The molecule has 1 nitrogen and oxygen atoms in total. The van der Waals surface area contributed by atoms with Crippen LogP contribution >= 0.6 is 15.9 Å². The molecule has 1 aromatic rings. The maximum atomic E-state index is 13.8. The number of nitrogens with one attached hydrogen (secondary N) is 1. The zero-order valence-electron chi connectivity index (χ0n) is 10.8. The molecule has 0 saturated carbocycles. The Morgan fingerprint density at radius 1 is 1.35 bits per heavy atom. The molecule has 1 N–H and O–H groups in total. The fraction of sp³-hybridized carbons (Fsp3) is 0.571. The molecule has 0 aliphatic rings. The zero-order chi connectivity index (χ0) is 12.8. The summed E-state index contributed by atoms with van der Waals surface area (Å²) in [6.45, 7) is 7.26. The normalized spacial score (nSPS) is 14.6. The molecule has 0 aliphatic carbocycles. The molecule has 0 fully saturated rings. The highest BCUT2D eigenvalue weighted by molar-refractivity contribution is 9.10. The van der Waals surface area contributed by atoms with E-state index in [0.717, 1.165) is 29.4 Å². The molecule has 0 heterocycles. The van der Waals surface area contributed by atoms with E-state index in [-0.39, 0.29) is 11.7 Å². The van der Waals surface area contributed by atoms with Gasteiger partial charge in [0.05, 0.1) is 0 Å². The van der Waals surface area contributed by atoms with E-state index in [2.05, 4.69) is 42.0 Å². The summed E-state index contributed by atoms with van der Waals surface area (Å²) in [4.78, 5) is 0. The van der Waals surface area contributed by atoms with Gasteiger partial charge in [0.2, 0.25) is 0 Å². The number of rotatable bonds is 6. The number of benzene rings is 1. The van der Waals surface area contributed by atoms with Crippen LogP contribution in [0.25, 0.3) is 0 Å². The molecule has 1 aromatic carbocycles. The van der Waals surface area contributed by atoms with Crippen molar-refractivity contribution in [2.24, 2.45) is 0 Å². The lowest BCUT2D eigenvalue weighted by molar-refractivity contribution is 0.419. The minimum Gasteiger partial charge on any atom is -0.314 e. The van der Waals surface area contributed by atoms with E-state index < -0.39 is 0 Å². The predicted molar refractivity (Wildman–Crippen MR) is 74.9 cm³/mol. The summed E-state index contributed by atoms with van der Waals surface area (Å²) in [6.07, 6.45) is 2.18. The van der Waals surface area contributed by atoms with Crippen LogP contribution in [0.5, 0.6) is 0 Å². The standard InChI is InChI=1S/C14H21BrFN/c1-4-6-14(17-5-2)10(3)12-9-11(15)7-8-13(12)16/h7-10,14,17H,4-6H2,1-3H3. The second-order valence-electron chi connectivity index (χ2n) is 4.41. The van der Waals surface area contributed by atoms with Crippen LogP contribution in [0.2, 0.25) is 0 Å². The maximum Gasteiger partial charge on any atom is 0.126 e. The summed E-state index contributed by atoms with van der Waals surface area (Å²) in [6, 6.07) is 5.51. The van der Waals surface area contributed by atoms with Crippen LogP contribution in [-0.2, 0) is 0 Å². The summed E-state index contributed by atoms with van der Waals surface area (Å²) in [5.41, 5.74) is 0.791. The lowest BCUT2D eigenvalue weighted by Crippen LogP contribution is -2.33. The first-order valence-electron chi connectivity index (χ1n) is 6.28. The minimum absolute atomic E-state index is 0.111. The van der Waals surface area contributed by atoms with Gasteiger partial charge < -0.3 is 5.32 Å². The van der Waals surface area contributed by atoms with Crippen molar-refractivity contribution in [3.63, 3.8) is 0 Å². The molecule has 0 bridgehead atoms. The first-order chi connectivity index (χ1) is 8.10. The highest BCUT2D eigenvalue weighted by atomic mass is 79.9. The lowest BCUT2D eigenvalue weighted by atomic mass is 9.90. The number of hydrogen-bond donors (Lipinski definition) is 1. The average molecular weight is 302 g/mol. The highest BCUT2D eigenvalue weighted by Gasteiger charge is 2.20. The third kappa shape index (κ3) is 4.07. The van der Waals surface area contributed by atoms with Crippen molar-refractivity contribution >= 4 is 15.9 Å². The van der Waals surface area contributed by atoms with Gasteiger partial charge in [-0.15, -0.1) is 0 Å². The van der Waals surface area contributed by atoms with Gasteiger partial charge in [-0.2, -0.15) is 0 Å². The van der Waals surface area contributed by atoms with Gasteiger partial charge in [0.15, 0.2) is 0 Å². The van der Waals surface area contributed by atoms with E-state index >= 15 is 0 Å². The van der Waals surface area contributed by atoms with Crippen molar-refractivity contribution in [3.8, 4) is 0 Å². The molecule has 0 saturated heterocycles. The van der Waals surface area contributed by atoms with E-state index in [0.29, 0.717) is 6.04 Å². The molecule has 96 valence electrons. The van der Waals surface area contributed by atoms with Gasteiger partial charge in [0, 0.05) is 10.5 Å². The molecule has 3 heteroatoms. The third-order valence-electron chi connectivity index (χ3n) is 3.12. The van der Waals surface area contributed by atoms with Crippen molar-refractivity contribution in [3.05, 3.63) is 34.1 Å². The fourth-order valence-corrected chi connectivity index (χ4v) is 2.56. The summed E-state index contributed by atoms with van der Waals surface area (Å²) in [7, 11) is 0. The smallest absolute Gasteiger partial charge is 0.126 e. The van der Waals surface area contributed by atoms with Gasteiger partial charge in [0.1, 0.15) is 5.82 Å². The van der Waals surface area contributed by atoms with Crippen LogP contribution in [0.1, 0.15) is 45.1 Å². The van der Waals surface area contributed by atoms with Crippen LogP contribution < -0.4 is 5.32 Å². The van der Waals surface area contributed by atoms with E-state index in [4.69, 9.17) is 0 Å². The zero-order valence-corrected chi connectivity index (χ0v) is 12.3. The molecule has 0 aliphatic heterocycles. The van der Waals surface area contributed by atoms with E-state index in [1.54, 1.807) is 6.07 Å². The minimum atomic E-state index is -0.111. The van der Waals surface area contributed by atoms with E-state index in [9.17, 15) is 4.39 Å². The Bertz CT molecular complexity index is 348. The van der Waals surface area contributed by atoms with Gasteiger partial charge in [0.25, 0.3) is 0 Å². The Morgan fingerprint density at radius 2 is 2.06 bits per heavy atom. The Kier molecular flexibility index (Phi) is 6.14. The summed E-state index contributed by atoms with van der Waals surface area (Å²) >= 11 is 3.40. The average Bonchev–Trinajstić information content (AvgIpc) is 2.31. The summed E-state index contributed by atoms with van der Waals surface area (Å²) in [5.74, 6) is 0.0760. The van der Waals surface area contributed by atoms with E-state index in [1.807, 2.05) is 6.07 Å². The van der Waals surface area contributed by atoms with Crippen molar-refractivity contribution in [2.75, 3.05) is 6.54 Å². The van der Waals surface area contributed by atoms with Crippen molar-refractivity contribution in [1.82, 2.24) is 5.32 Å². The third-order valence-corrected chi connectivity index (χ3v) is 3.61. The predicted octanol–water partition coefficient (Wildman–Crippen LogP) is 4.47. The number of halogens is 2. The molecule has 1 rings (SSSR count). The Labute approximate surface area is 112 Å². The molecule has 0 spiro atoms. The Balaban J connectivity index is 2.91. The monoisotopic (exact) mass is 301 g/mol. The van der Waals surface area contributed by atoms with Gasteiger partial charge in [-0.05, 0) is 42.6 Å². The van der Waals surface area contributed by atoms with Crippen LogP contribution in [0.3, 0.4) is 0 Å². The summed E-state index contributed by atoms with van der Waals surface area (Å²) < 4.78 is 14.7. The van der Waals surface area contributed by atoms with Crippen LogP contribution in [0.15, 0.2) is 22.7 Å². The lowest BCUT2D eigenvalue weighted by Gasteiger charge is -2.25. The van der Waals surface area contributed by atoms with Crippen LogP contribution in [0, 0.1) is 5.82 Å². The quantitative estimate of drug-likeness (QED) is 0.817. The van der Waals surface area contributed by atoms with E-state index in [1.165, 1.54) is 6.07 Å². The molecule has 0 aromatic heterocycles. The van der Waals surface area contributed by atoms with Gasteiger partial charge in [-0.3, -0.25) is 0 Å². The molecule has 0 amide bonds. The van der Waals surface area contributed by atoms with Crippen LogP contribution in [0.4, 0.5) is 4.39 Å². The maximum absolute atomic E-state index is 13.8. The van der Waals surface area contributed by atoms with Crippen molar-refractivity contribution < 1.29 is 4.39 Å². The molecule has 0 radical (unpaired) electrons. The summed E-state index contributed by atoms with van der Waals surface area (Å²) in [5, 5.41) is 3.45. The van der Waals surface area contributed by atoms with Gasteiger partial charge in [-0.1, -0.05) is 43.1 Å². The molecule has 17 heavy (non-hydrogen) atoms. The second kappa shape index (κ2) is 7.12. The first-order valence-corrected chi connectivity index (χ1v) is 7.07. The van der Waals surface area contributed by atoms with Gasteiger partial charge in [-0.25, -0.2) is 4.39 Å². The Morgan fingerprint density at radius 3 is 2.65 bits per heavy atom. The van der Waals surface area contributed by atoms with Crippen molar-refractivity contribution in [1.29, 1.82) is 0 Å². The number of hydrogen-bond acceptors (Lipinski definition) is 1. The highest BCUT2D eigenvalue weighted by Crippen LogP contribution is 2.27. The largest absolute Gasteiger partial charge is 0.314 e.